The first kappa shape index (κ1) is 14.0. The molecule has 0 bridgehead atoms. The molecule has 4 heteroatoms. The maximum absolute atomic E-state index is 5.61. The fourth-order valence-corrected chi connectivity index (χ4v) is 4.01. The van der Waals surface area contributed by atoms with Crippen LogP contribution in [0.1, 0.15) is 44.3 Å². The van der Waals surface area contributed by atoms with Crippen molar-refractivity contribution in [1.82, 2.24) is 10.3 Å². The van der Waals surface area contributed by atoms with Crippen LogP contribution < -0.4 is 5.32 Å². The van der Waals surface area contributed by atoms with E-state index < -0.39 is 0 Å². The predicted octanol–water partition coefficient (Wildman–Crippen LogP) is 3.09. The minimum Gasteiger partial charge on any atom is -0.381 e. The molecule has 3 nitrogen and oxygen atoms in total. The summed E-state index contributed by atoms with van der Waals surface area (Å²) in [6.45, 7) is 10.5. The molecule has 0 radical (unpaired) electrons. The molecule has 2 heterocycles. The van der Waals surface area contributed by atoms with Gasteiger partial charge in [0, 0.05) is 29.6 Å². The van der Waals surface area contributed by atoms with E-state index in [1.165, 1.54) is 5.01 Å². The van der Waals surface area contributed by atoms with Crippen LogP contribution in [0, 0.1) is 12.8 Å². The molecule has 2 rings (SSSR count). The first-order valence-corrected chi connectivity index (χ1v) is 7.74. The van der Waals surface area contributed by atoms with Crippen LogP contribution in [0.4, 0.5) is 0 Å². The molecule has 1 aromatic rings. The zero-order chi connectivity index (χ0) is 13.2. The molecule has 1 N–H and O–H groups in total. The Morgan fingerprint density at radius 3 is 2.83 bits per heavy atom. The number of hydrogen-bond donors (Lipinski definition) is 1. The Morgan fingerprint density at radius 1 is 1.61 bits per heavy atom. The van der Waals surface area contributed by atoms with Gasteiger partial charge in [-0.05, 0) is 33.6 Å². The molecule has 102 valence electrons. The van der Waals surface area contributed by atoms with Gasteiger partial charge in [0.25, 0.3) is 0 Å². The number of thiazole rings is 1. The van der Waals surface area contributed by atoms with Crippen LogP contribution in [-0.2, 0) is 10.3 Å². The molecule has 0 saturated carbocycles. The summed E-state index contributed by atoms with van der Waals surface area (Å²) in [7, 11) is 0. The third kappa shape index (κ3) is 2.60. The average molecular weight is 268 g/mol. The average Bonchev–Trinajstić information content (AvgIpc) is 2.96. The Hall–Kier alpha value is -0.450. The van der Waals surface area contributed by atoms with Gasteiger partial charge in [-0.25, -0.2) is 4.98 Å². The first-order chi connectivity index (χ1) is 8.58. The molecule has 0 spiro atoms. The number of rotatable bonds is 5. The fourth-order valence-electron chi connectivity index (χ4n) is 2.89. The first-order valence-electron chi connectivity index (χ1n) is 6.86. The molecular weight excluding hydrogens is 244 g/mol. The second-order valence-electron chi connectivity index (χ2n) is 5.48. The largest absolute Gasteiger partial charge is 0.381 e. The van der Waals surface area contributed by atoms with E-state index in [-0.39, 0.29) is 5.54 Å². The Labute approximate surface area is 114 Å². The van der Waals surface area contributed by atoms with Crippen molar-refractivity contribution in [3.8, 4) is 0 Å². The van der Waals surface area contributed by atoms with Crippen LogP contribution in [0.15, 0.2) is 5.38 Å². The molecule has 0 amide bonds. The van der Waals surface area contributed by atoms with Crippen LogP contribution in [0.25, 0.3) is 0 Å². The third-order valence-electron chi connectivity index (χ3n) is 3.73. The maximum Gasteiger partial charge on any atom is 0.113 e. The molecule has 1 aliphatic rings. The fraction of sp³-hybridized carbons (Fsp3) is 0.786. The SMILES string of the molecule is CCC(NC(C)C)(c1nc(C)cs1)C1CCOC1. The number of ether oxygens (including phenoxy) is 1. The van der Waals surface area contributed by atoms with Gasteiger partial charge in [-0.1, -0.05) is 6.92 Å². The predicted molar refractivity (Wildman–Crippen MR) is 76.0 cm³/mol. The minimum absolute atomic E-state index is 0.0103. The molecule has 0 aliphatic carbocycles. The highest BCUT2D eigenvalue weighted by Crippen LogP contribution is 2.39. The topological polar surface area (TPSA) is 34.2 Å². The van der Waals surface area contributed by atoms with E-state index in [9.17, 15) is 0 Å². The summed E-state index contributed by atoms with van der Waals surface area (Å²) in [4.78, 5) is 4.75. The summed E-state index contributed by atoms with van der Waals surface area (Å²) in [5, 5.41) is 7.16. The van der Waals surface area contributed by atoms with Crippen LogP contribution in [-0.4, -0.2) is 24.2 Å². The van der Waals surface area contributed by atoms with Crippen LogP contribution in [0.5, 0.6) is 0 Å². The molecule has 2 atom stereocenters. The lowest BCUT2D eigenvalue weighted by molar-refractivity contribution is 0.134. The van der Waals surface area contributed by atoms with Crippen molar-refractivity contribution in [2.75, 3.05) is 13.2 Å². The van der Waals surface area contributed by atoms with E-state index in [1.807, 2.05) is 0 Å². The van der Waals surface area contributed by atoms with Crippen molar-refractivity contribution < 1.29 is 4.74 Å². The maximum atomic E-state index is 5.61. The quantitative estimate of drug-likeness (QED) is 0.891. The van der Waals surface area contributed by atoms with Gasteiger partial charge >= 0.3 is 0 Å². The van der Waals surface area contributed by atoms with E-state index in [0.29, 0.717) is 12.0 Å². The summed E-state index contributed by atoms with van der Waals surface area (Å²) in [5.74, 6) is 0.537. The Balaban J connectivity index is 2.35. The van der Waals surface area contributed by atoms with Crippen LogP contribution in [0.3, 0.4) is 0 Å². The molecule has 2 unspecified atom stereocenters. The van der Waals surface area contributed by atoms with Gasteiger partial charge in [-0.2, -0.15) is 0 Å². The van der Waals surface area contributed by atoms with Crippen LogP contribution >= 0.6 is 11.3 Å². The molecule has 1 fully saturated rings. The molecule has 1 aliphatic heterocycles. The molecule has 0 aromatic carbocycles. The minimum atomic E-state index is -0.0103. The van der Waals surface area contributed by atoms with Gasteiger partial charge in [-0.15, -0.1) is 11.3 Å². The second-order valence-corrected chi connectivity index (χ2v) is 6.34. The summed E-state index contributed by atoms with van der Waals surface area (Å²) in [6.07, 6.45) is 2.19. The van der Waals surface area contributed by atoms with Gasteiger partial charge in [0.15, 0.2) is 0 Å². The zero-order valence-electron chi connectivity index (χ0n) is 11.8. The summed E-state index contributed by atoms with van der Waals surface area (Å²) in [6, 6.07) is 0.453. The zero-order valence-corrected chi connectivity index (χ0v) is 12.6. The third-order valence-corrected chi connectivity index (χ3v) is 4.87. The highest BCUT2D eigenvalue weighted by atomic mass is 32.1. The van der Waals surface area contributed by atoms with E-state index in [1.54, 1.807) is 11.3 Å². The number of nitrogens with one attached hydrogen (secondary N) is 1. The van der Waals surface area contributed by atoms with E-state index in [0.717, 1.165) is 31.7 Å². The van der Waals surface area contributed by atoms with Crippen molar-refractivity contribution in [3.05, 3.63) is 16.1 Å². The van der Waals surface area contributed by atoms with E-state index >= 15 is 0 Å². The normalized spacial score (nSPS) is 23.5. The number of aromatic nitrogens is 1. The van der Waals surface area contributed by atoms with Crippen molar-refractivity contribution in [1.29, 1.82) is 0 Å². The molecular formula is C14H24N2OS. The summed E-state index contributed by atoms with van der Waals surface area (Å²) >= 11 is 1.78. The van der Waals surface area contributed by atoms with Crippen molar-refractivity contribution in [2.45, 2.75) is 52.1 Å². The standard InChI is InChI=1S/C14H24N2OS/c1-5-14(16-10(2)3,12-6-7-17-8-12)13-15-11(4)9-18-13/h9-10,12,16H,5-8H2,1-4H3. The lowest BCUT2D eigenvalue weighted by atomic mass is 9.80. The van der Waals surface area contributed by atoms with Crippen molar-refractivity contribution in [2.24, 2.45) is 5.92 Å². The monoisotopic (exact) mass is 268 g/mol. The van der Waals surface area contributed by atoms with Gasteiger partial charge in [-0.3, -0.25) is 0 Å². The Kier molecular flexibility index (Phi) is 4.41. The number of hydrogen-bond acceptors (Lipinski definition) is 4. The molecule has 1 saturated heterocycles. The van der Waals surface area contributed by atoms with E-state index in [2.05, 4.69) is 38.4 Å². The van der Waals surface area contributed by atoms with Crippen molar-refractivity contribution >= 4 is 11.3 Å². The lowest BCUT2D eigenvalue weighted by Gasteiger charge is -2.39. The summed E-state index contributed by atoms with van der Waals surface area (Å²) in [5.41, 5.74) is 1.11. The number of aryl methyl sites for hydroxylation is 1. The highest BCUT2D eigenvalue weighted by Gasteiger charge is 2.43. The Bertz CT molecular complexity index is 385. The Morgan fingerprint density at radius 2 is 2.39 bits per heavy atom. The number of nitrogens with zero attached hydrogens (tertiary/aromatic N) is 1. The molecule has 1 aromatic heterocycles. The van der Waals surface area contributed by atoms with Gasteiger partial charge in [0.05, 0.1) is 12.1 Å². The van der Waals surface area contributed by atoms with Gasteiger partial charge in [0.1, 0.15) is 5.01 Å². The van der Waals surface area contributed by atoms with E-state index in [4.69, 9.17) is 9.72 Å². The van der Waals surface area contributed by atoms with Gasteiger partial charge in [0.2, 0.25) is 0 Å². The van der Waals surface area contributed by atoms with Gasteiger partial charge < -0.3 is 10.1 Å². The lowest BCUT2D eigenvalue weighted by Crippen LogP contribution is -2.51. The second kappa shape index (κ2) is 5.68. The van der Waals surface area contributed by atoms with Crippen LogP contribution in [0.2, 0.25) is 0 Å². The highest BCUT2D eigenvalue weighted by molar-refractivity contribution is 7.09. The molecule has 18 heavy (non-hydrogen) atoms. The summed E-state index contributed by atoms with van der Waals surface area (Å²) < 4.78 is 5.61. The van der Waals surface area contributed by atoms with Crippen molar-refractivity contribution in [3.63, 3.8) is 0 Å². The smallest absolute Gasteiger partial charge is 0.113 e.